The Morgan fingerprint density at radius 1 is 1.08 bits per heavy atom. The van der Waals surface area contributed by atoms with Gasteiger partial charge in [-0.25, -0.2) is 4.39 Å². The number of Topliss-reactive ketones (excluding diaryl/α,β-unsaturated/α-hetero) is 2. The average Bonchev–Trinajstić information content (AvgIpc) is 3.02. The summed E-state index contributed by atoms with van der Waals surface area (Å²) in [4.78, 5) is 41.2. The first-order chi connectivity index (χ1) is 22.8. The molecule has 48 heavy (non-hydrogen) atoms. The highest BCUT2D eigenvalue weighted by atomic mass is 19.1. The summed E-state index contributed by atoms with van der Waals surface area (Å²) in [7, 11) is 4.62. The number of fused-ring (bicyclic) bond motifs is 3. The van der Waals surface area contributed by atoms with Crippen LogP contribution < -0.4 is 15.8 Å². The van der Waals surface area contributed by atoms with Gasteiger partial charge in [0.25, 0.3) is 5.91 Å². The molecular formula is C36H36FN3O8. The van der Waals surface area contributed by atoms with Gasteiger partial charge in [0, 0.05) is 29.3 Å². The van der Waals surface area contributed by atoms with Crippen LogP contribution >= 0.6 is 0 Å². The number of aromatic hydroxyl groups is 1. The summed E-state index contributed by atoms with van der Waals surface area (Å²) in [6.07, 6.45) is 0.666. The molecule has 3 aliphatic rings. The van der Waals surface area contributed by atoms with Crippen molar-refractivity contribution in [2.24, 2.45) is 17.6 Å². The molecule has 0 bridgehead atoms. The van der Waals surface area contributed by atoms with Gasteiger partial charge >= 0.3 is 0 Å². The van der Waals surface area contributed by atoms with Gasteiger partial charge in [0.15, 0.2) is 11.4 Å². The van der Waals surface area contributed by atoms with Crippen molar-refractivity contribution in [1.29, 1.82) is 0 Å². The van der Waals surface area contributed by atoms with Crippen molar-refractivity contribution >= 4 is 28.9 Å². The number of benzene rings is 3. The summed E-state index contributed by atoms with van der Waals surface area (Å²) in [6.45, 7) is 0.509. The number of methoxy groups -OCH3 is 1. The minimum atomic E-state index is -2.72. The van der Waals surface area contributed by atoms with Crippen molar-refractivity contribution < 1.29 is 43.9 Å². The van der Waals surface area contributed by atoms with Gasteiger partial charge in [-0.05, 0) is 92.4 Å². The van der Waals surface area contributed by atoms with Gasteiger partial charge in [0.1, 0.15) is 34.4 Å². The number of phenols is 1. The molecule has 12 heteroatoms. The summed E-state index contributed by atoms with van der Waals surface area (Å²) in [5.41, 5.74) is 4.90. The summed E-state index contributed by atoms with van der Waals surface area (Å²) in [5.74, 6) is -6.93. The lowest BCUT2D eigenvalue weighted by Crippen LogP contribution is -2.65. The van der Waals surface area contributed by atoms with Gasteiger partial charge < -0.3 is 36.2 Å². The monoisotopic (exact) mass is 657 g/mol. The number of nitrogens with one attached hydrogen (secondary N) is 1. The molecule has 1 amide bonds. The number of hydrogen-bond acceptors (Lipinski definition) is 10. The first-order valence-electron chi connectivity index (χ1n) is 15.5. The molecule has 3 aliphatic carbocycles. The fourth-order valence-electron chi connectivity index (χ4n) is 7.57. The van der Waals surface area contributed by atoms with Crippen LogP contribution in [-0.4, -0.2) is 82.2 Å². The van der Waals surface area contributed by atoms with Crippen molar-refractivity contribution in [1.82, 2.24) is 4.90 Å². The van der Waals surface area contributed by atoms with Crippen molar-refractivity contribution in [3.8, 4) is 22.6 Å². The lowest BCUT2D eigenvalue weighted by molar-refractivity contribution is -0.153. The molecule has 250 valence electrons. The molecule has 4 atom stereocenters. The molecule has 3 aromatic rings. The van der Waals surface area contributed by atoms with E-state index in [1.807, 2.05) is 18.2 Å². The third-order valence-electron chi connectivity index (χ3n) is 9.73. The van der Waals surface area contributed by atoms with Crippen LogP contribution in [0.25, 0.3) is 16.9 Å². The van der Waals surface area contributed by atoms with Crippen LogP contribution in [0.1, 0.15) is 23.1 Å². The first-order valence-corrected chi connectivity index (χ1v) is 15.5. The van der Waals surface area contributed by atoms with E-state index in [9.17, 15) is 39.2 Å². The molecule has 3 aromatic carbocycles. The zero-order chi connectivity index (χ0) is 34.7. The molecule has 0 aliphatic heterocycles. The van der Waals surface area contributed by atoms with E-state index in [1.165, 1.54) is 30.2 Å². The molecular weight excluding hydrogens is 621 g/mol. The molecule has 1 fully saturated rings. The molecule has 6 rings (SSSR count). The Kier molecular flexibility index (Phi) is 8.26. The van der Waals surface area contributed by atoms with E-state index in [-0.39, 0.29) is 35.5 Å². The molecule has 7 N–H and O–H groups in total. The minimum absolute atomic E-state index is 0.0182. The molecule has 0 radical (unpaired) electrons. The van der Waals surface area contributed by atoms with Crippen LogP contribution in [0.15, 0.2) is 71.5 Å². The number of carbonyl (C=O) groups is 3. The van der Waals surface area contributed by atoms with Gasteiger partial charge in [0.2, 0.25) is 5.78 Å². The Bertz CT molecular complexity index is 1940. The SMILES string of the molecule is COc1ccc(NCCc2cccc(F)c2)cc1-c1ccc(O)c2c1C[C@H]1C[C@H]3[C@H](N(C)C)C(=O)C(C(N)=O)=C(O)[C@@]3(O)C(=O)C1=C2O. The molecule has 0 saturated heterocycles. The first kappa shape index (κ1) is 32.7. The number of carbonyl (C=O) groups excluding carboxylic acids is 3. The van der Waals surface area contributed by atoms with Crippen LogP contribution in [-0.2, 0) is 27.2 Å². The summed E-state index contributed by atoms with van der Waals surface area (Å²) < 4.78 is 19.3. The minimum Gasteiger partial charge on any atom is -0.508 e. The Morgan fingerprint density at radius 3 is 2.50 bits per heavy atom. The van der Waals surface area contributed by atoms with Crippen LogP contribution in [0.3, 0.4) is 0 Å². The Labute approximate surface area is 275 Å². The number of aliphatic hydroxyl groups is 3. The number of likely N-dealkylation sites (N-methyl/N-ethyl adjacent to an activating group) is 1. The van der Waals surface area contributed by atoms with Gasteiger partial charge in [-0.1, -0.05) is 18.2 Å². The highest BCUT2D eigenvalue weighted by Crippen LogP contribution is 2.54. The predicted molar refractivity (Wildman–Crippen MR) is 175 cm³/mol. The number of phenolic OH excluding ortho intramolecular Hbond substituents is 1. The molecule has 0 aromatic heterocycles. The van der Waals surface area contributed by atoms with Gasteiger partial charge in [-0.2, -0.15) is 0 Å². The molecule has 11 nitrogen and oxygen atoms in total. The van der Waals surface area contributed by atoms with Crippen LogP contribution in [0, 0.1) is 17.7 Å². The van der Waals surface area contributed by atoms with E-state index < -0.39 is 58.0 Å². The van der Waals surface area contributed by atoms with Gasteiger partial charge in [-0.3, -0.25) is 19.3 Å². The van der Waals surface area contributed by atoms with Crippen molar-refractivity contribution in [3.63, 3.8) is 0 Å². The van der Waals surface area contributed by atoms with E-state index in [0.29, 0.717) is 35.4 Å². The number of aliphatic hydroxyl groups excluding tert-OH is 2. The zero-order valence-electron chi connectivity index (χ0n) is 26.6. The smallest absolute Gasteiger partial charge is 0.255 e. The third-order valence-corrected chi connectivity index (χ3v) is 9.73. The maximum absolute atomic E-state index is 14.1. The number of ether oxygens (including phenoxy) is 1. The highest BCUT2D eigenvalue weighted by molar-refractivity contribution is 6.24. The van der Waals surface area contributed by atoms with Crippen LogP contribution in [0.2, 0.25) is 0 Å². The number of amides is 1. The lowest BCUT2D eigenvalue weighted by Gasteiger charge is -2.50. The number of halogens is 1. The topological polar surface area (TPSA) is 183 Å². The number of primary amides is 1. The van der Waals surface area contributed by atoms with E-state index in [0.717, 1.165) is 11.3 Å². The molecule has 1 saturated carbocycles. The standard InChI is InChI=1S/C36H36FN3O8/c1-40(2)30-24-15-18-14-23-21(22-16-20(7-10-26(22)48-3)39-12-11-17-5-4-6-19(37)13-17)8-9-25(41)28(23)31(42)27(18)33(44)36(24,47)34(45)29(32(30)43)35(38)46/h4-10,13,16,18,24,30,39,41-42,45,47H,11-12,14-15H2,1-3H3,(H2,38,46)/t18-,24-,30-,36-/m0/s1. The van der Waals surface area contributed by atoms with Crippen molar-refractivity contribution in [2.75, 3.05) is 33.1 Å². The number of rotatable bonds is 8. The number of ketones is 2. The van der Waals surface area contributed by atoms with Crippen molar-refractivity contribution in [3.05, 3.63) is 94.0 Å². The summed E-state index contributed by atoms with van der Waals surface area (Å²) >= 11 is 0. The molecule has 0 unspecified atom stereocenters. The number of nitrogens with two attached hydrogens (primary N) is 1. The largest absolute Gasteiger partial charge is 0.508 e. The second kappa shape index (κ2) is 12.1. The fraction of sp³-hybridized carbons (Fsp3) is 0.306. The third kappa shape index (κ3) is 5.08. The average molecular weight is 658 g/mol. The zero-order valence-corrected chi connectivity index (χ0v) is 26.6. The second-order valence-electron chi connectivity index (χ2n) is 12.7. The predicted octanol–water partition coefficient (Wildman–Crippen LogP) is 3.43. The number of hydrogen-bond donors (Lipinski definition) is 6. The number of anilines is 1. The maximum Gasteiger partial charge on any atom is 0.255 e. The summed E-state index contributed by atoms with van der Waals surface area (Å²) in [5, 5.41) is 48.9. The fourth-order valence-corrected chi connectivity index (χ4v) is 7.57. The molecule has 0 spiro atoms. The highest BCUT2D eigenvalue weighted by Gasteiger charge is 2.64. The van der Waals surface area contributed by atoms with E-state index in [2.05, 4.69) is 5.32 Å². The van der Waals surface area contributed by atoms with Crippen LogP contribution in [0.5, 0.6) is 11.5 Å². The molecule has 0 heterocycles. The Hall–Kier alpha value is -5.20. The van der Waals surface area contributed by atoms with Crippen LogP contribution in [0.4, 0.5) is 10.1 Å². The van der Waals surface area contributed by atoms with Gasteiger partial charge in [0.05, 0.1) is 18.7 Å². The Morgan fingerprint density at radius 2 is 1.83 bits per heavy atom. The maximum atomic E-state index is 14.1. The van der Waals surface area contributed by atoms with E-state index >= 15 is 0 Å². The quantitative estimate of drug-likeness (QED) is 0.196. The number of nitrogens with zero attached hydrogens (tertiary/aromatic N) is 1. The second-order valence-corrected chi connectivity index (χ2v) is 12.7. The normalized spacial score (nSPS) is 23.5. The van der Waals surface area contributed by atoms with E-state index in [4.69, 9.17) is 10.5 Å². The summed E-state index contributed by atoms with van der Waals surface area (Å²) in [6, 6.07) is 13.7. The van der Waals surface area contributed by atoms with E-state index in [1.54, 1.807) is 32.3 Å². The van der Waals surface area contributed by atoms with Gasteiger partial charge in [-0.15, -0.1) is 0 Å². The lowest BCUT2D eigenvalue weighted by atomic mass is 9.57. The van der Waals surface area contributed by atoms with Crippen molar-refractivity contribution in [2.45, 2.75) is 30.9 Å². The Balaban J connectivity index is 1.43.